The molecule has 0 spiro atoms. The van der Waals surface area contributed by atoms with Gasteiger partial charge < -0.3 is 19.2 Å². The van der Waals surface area contributed by atoms with Gasteiger partial charge in [0.1, 0.15) is 0 Å². The number of nitrogens with zero attached hydrogens (tertiary/aromatic N) is 2. The van der Waals surface area contributed by atoms with Crippen LogP contribution in [-0.2, 0) is 9.59 Å². The number of unbranched alkanes of at least 4 members (excludes halogenated alkanes) is 1. The Labute approximate surface area is 123 Å². The second-order valence-corrected chi connectivity index (χ2v) is 7.36. The molecule has 0 saturated heterocycles. The zero-order valence-electron chi connectivity index (χ0n) is 14.4. The highest BCUT2D eigenvalue weighted by Gasteiger charge is 1.99. The molecule has 0 aromatic carbocycles. The standard InChI is InChI=1S/C6H10O4.2C4H12N/c7-5(8)3-1-2-4-6(9)10;2*1-5(2,3)4/h1-4H2,(H,7,8)(H,9,10);2*1-4H3/q;2*+1. The summed E-state index contributed by atoms with van der Waals surface area (Å²) in [6, 6.07) is 0. The molecular weight excluding hydrogens is 260 g/mol. The van der Waals surface area contributed by atoms with Crippen molar-refractivity contribution in [3.05, 3.63) is 0 Å². The lowest BCUT2D eigenvalue weighted by Gasteiger charge is -2.14. The molecule has 20 heavy (non-hydrogen) atoms. The van der Waals surface area contributed by atoms with Gasteiger partial charge in [0.15, 0.2) is 0 Å². The molecule has 0 bridgehead atoms. The van der Waals surface area contributed by atoms with Gasteiger partial charge in [-0.05, 0) is 12.8 Å². The summed E-state index contributed by atoms with van der Waals surface area (Å²) in [5.41, 5.74) is 0. The Kier molecular flexibility index (Phi) is 14.0. The minimum absolute atomic E-state index is 0.0628. The molecule has 0 aromatic rings. The third-order valence-electron chi connectivity index (χ3n) is 1.03. The summed E-state index contributed by atoms with van der Waals surface area (Å²) in [5.74, 6) is -1.74. The van der Waals surface area contributed by atoms with Gasteiger partial charge in [-0.15, -0.1) is 0 Å². The Morgan fingerprint density at radius 1 is 0.650 bits per heavy atom. The summed E-state index contributed by atoms with van der Waals surface area (Å²) in [5, 5.41) is 16.3. The van der Waals surface area contributed by atoms with Crippen molar-refractivity contribution in [1.82, 2.24) is 0 Å². The van der Waals surface area contributed by atoms with Crippen LogP contribution in [0.1, 0.15) is 25.7 Å². The van der Waals surface area contributed by atoms with Crippen LogP contribution in [0.5, 0.6) is 0 Å². The summed E-state index contributed by atoms with van der Waals surface area (Å²) < 4.78 is 2.00. The first kappa shape index (κ1) is 23.9. The molecule has 0 aliphatic rings. The normalized spacial score (nSPS) is 10.6. The average molecular weight is 294 g/mol. The lowest BCUT2D eigenvalue weighted by molar-refractivity contribution is -0.849. The predicted molar refractivity (Wildman–Crippen MR) is 81.7 cm³/mol. The van der Waals surface area contributed by atoms with Crippen molar-refractivity contribution in [3.63, 3.8) is 0 Å². The number of quaternary nitrogens is 2. The summed E-state index contributed by atoms with van der Waals surface area (Å²) >= 11 is 0. The van der Waals surface area contributed by atoms with Gasteiger partial charge in [0.25, 0.3) is 0 Å². The monoisotopic (exact) mass is 294 g/mol. The molecule has 2 N–H and O–H groups in total. The summed E-state index contributed by atoms with van der Waals surface area (Å²) in [6.07, 6.45) is 1.02. The maximum absolute atomic E-state index is 9.90. The molecular formula is C14H34N2O4+2. The fraction of sp³-hybridized carbons (Fsp3) is 0.857. The van der Waals surface area contributed by atoms with Gasteiger partial charge in [0.2, 0.25) is 0 Å². The van der Waals surface area contributed by atoms with Crippen molar-refractivity contribution < 1.29 is 28.8 Å². The van der Waals surface area contributed by atoms with E-state index in [0.717, 1.165) is 8.97 Å². The third-order valence-corrected chi connectivity index (χ3v) is 1.03. The largest absolute Gasteiger partial charge is 0.481 e. The highest BCUT2D eigenvalue weighted by atomic mass is 16.4. The number of hydrogen-bond donors (Lipinski definition) is 2. The number of carboxylic acids is 2. The van der Waals surface area contributed by atoms with Crippen LogP contribution in [0, 0.1) is 0 Å². The van der Waals surface area contributed by atoms with Gasteiger partial charge in [-0.25, -0.2) is 0 Å². The van der Waals surface area contributed by atoms with Crippen molar-refractivity contribution in [3.8, 4) is 0 Å². The molecule has 0 fully saturated rings. The minimum Gasteiger partial charge on any atom is -0.481 e. The first-order valence-corrected chi connectivity index (χ1v) is 6.64. The van der Waals surface area contributed by atoms with E-state index in [4.69, 9.17) is 10.2 Å². The second kappa shape index (κ2) is 11.7. The number of hydrogen-bond acceptors (Lipinski definition) is 2. The summed E-state index contributed by atoms with van der Waals surface area (Å²) in [6.45, 7) is 0. The molecule has 0 aliphatic heterocycles. The van der Waals surface area contributed by atoms with E-state index in [2.05, 4.69) is 56.4 Å². The predicted octanol–water partition coefficient (Wildman–Crippen LogP) is 1.36. The SMILES string of the molecule is C[N+](C)(C)C.C[N+](C)(C)C.O=C(O)CCCCC(=O)O. The van der Waals surface area contributed by atoms with Gasteiger partial charge in [-0.1, -0.05) is 0 Å². The molecule has 0 saturated carbocycles. The molecule has 0 aromatic heterocycles. The Morgan fingerprint density at radius 3 is 0.900 bits per heavy atom. The average Bonchev–Trinajstić information content (AvgIpc) is 2.06. The number of rotatable bonds is 5. The minimum atomic E-state index is -0.870. The maximum Gasteiger partial charge on any atom is 0.303 e. The van der Waals surface area contributed by atoms with Gasteiger partial charge in [-0.3, -0.25) is 9.59 Å². The van der Waals surface area contributed by atoms with Crippen molar-refractivity contribution in [2.24, 2.45) is 0 Å². The van der Waals surface area contributed by atoms with Crippen LogP contribution in [0.25, 0.3) is 0 Å². The van der Waals surface area contributed by atoms with E-state index in [-0.39, 0.29) is 12.8 Å². The van der Waals surface area contributed by atoms with E-state index >= 15 is 0 Å². The fourth-order valence-corrected chi connectivity index (χ4v) is 0.552. The van der Waals surface area contributed by atoms with Crippen LogP contribution in [0.3, 0.4) is 0 Å². The van der Waals surface area contributed by atoms with Gasteiger partial charge in [-0.2, -0.15) is 0 Å². The Morgan fingerprint density at radius 2 is 0.800 bits per heavy atom. The van der Waals surface area contributed by atoms with Crippen molar-refractivity contribution >= 4 is 11.9 Å². The number of carboxylic acid groups (broad SMARTS) is 2. The first-order chi connectivity index (χ1) is 8.63. The molecule has 0 rings (SSSR count). The topological polar surface area (TPSA) is 74.6 Å². The van der Waals surface area contributed by atoms with Crippen molar-refractivity contribution in [2.75, 3.05) is 56.4 Å². The van der Waals surface area contributed by atoms with E-state index in [1.54, 1.807) is 0 Å². The Hall–Kier alpha value is -1.14. The van der Waals surface area contributed by atoms with Crippen molar-refractivity contribution in [1.29, 1.82) is 0 Å². The molecule has 122 valence electrons. The van der Waals surface area contributed by atoms with E-state index in [1.807, 2.05) is 0 Å². The van der Waals surface area contributed by atoms with Crippen LogP contribution in [-0.4, -0.2) is 87.5 Å². The zero-order valence-corrected chi connectivity index (χ0v) is 14.4. The van der Waals surface area contributed by atoms with Gasteiger partial charge in [0, 0.05) is 12.8 Å². The molecule has 6 nitrogen and oxygen atoms in total. The summed E-state index contributed by atoms with van der Waals surface area (Å²) in [7, 11) is 17.0. The van der Waals surface area contributed by atoms with E-state index in [1.165, 1.54) is 0 Å². The molecule has 0 radical (unpaired) electrons. The number of aliphatic carboxylic acids is 2. The molecule has 0 atom stereocenters. The quantitative estimate of drug-likeness (QED) is 0.593. The summed E-state index contributed by atoms with van der Waals surface area (Å²) in [4.78, 5) is 19.8. The molecule has 6 heteroatoms. The molecule has 0 heterocycles. The molecule has 0 aliphatic carbocycles. The van der Waals surface area contributed by atoms with Crippen LogP contribution < -0.4 is 0 Å². The Bertz CT molecular complexity index is 225. The maximum atomic E-state index is 9.90. The third kappa shape index (κ3) is 124. The smallest absolute Gasteiger partial charge is 0.303 e. The fourth-order valence-electron chi connectivity index (χ4n) is 0.552. The van der Waals surface area contributed by atoms with Crippen LogP contribution in [0.15, 0.2) is 0 Å². The second-order valence-electron chi connectivity index (χ2n) is 7.36. The van der Waals surface area contributed by atoms with Gasteiger partial charge >= 0.3 is 11.9 Å². The van der Waals surface area contributed by atoms with E-state index in [9.17, 15) is 9.59 Å². The van der Waals surface area contributed by atoms with Crippen LogP contribution >= 0.6 is 0 Å². The number of carbonyl (C=O) groups is 2. The highest BCUT2D eigenvalue weighted by Crippen LogP contribution is 1.98. The van der Waals surface area contributed by atoms with Crippen LogP contribution in [0.2, 0.25) is 0 Å². The zero-order chi connectivity index (χ0) is 17.0. The van der Waals surface area contributed by atoms with Crippen molar-refractivity contribution in [2.45, 2.75) is 25.7 Å². The lowest BCUT2D eigenvalue weighted by atomic mass is 10.2. The lowest BCUT2D eigenvalue weighted by Crippen LogP contribution is -2.27. The van der Waals surface area contributed by atoms with Crippen LogP contribution in [0.4, 0.5) is 0 Å². The highest BCUT2D eigenvalue weighted by molar-refractivity contribution is 5.67. The molecule has 0 unspecified atom stereocenters. The van der Waals surface area contributed by atoms with E-state index in [0.29, 0.717) is 12.8 Å². The molecule has 0 amide bonds. The first-order valence-electron chi connectivity index (χ1n) is 6.64. The Balaban J connectivity index is -0.000000244. The van der Waals surface area contributed by atoms with E-state index < -0.39 is 11.9 Å². The van der Waals surface area contributed by atoms with Gasteiger partial charge in [0.05, 0.1) is 56.4 Å².